The van der Waals surface area contributed by atoms with Gasteiger partial charge in [-0.1, -0.05) is 30.3 Å². The molecule has 12 heteroatoms. The molecule has 0 atom stereocenters. The fourth-order valence-electron chi connectivity index (χ4n) is 5.06. The molecule has 0 radical (unpaired) electrons. The van der Waals surface area contributed by atoms with Gasteiger partial charge in [-0.3, -0.25) is 19.8 Å². The number of carbonyl (C=O) groups excluding carboxylic acids is 3. The highest BCUT2D eigenvalue weighted by Gasteiger charge is 2.31. The Morgan fingerprint density at radius 3 is 2.27 bits per heavy atom. The highest BCUT2D eigenvalue weighted by atomic mass is 32.2. The third-order valence-electron chi connectivity index (χ3n) is 7.29. The number of imide groups is 1. The Bertz CT molecular complexity index is 1550. The minimum atomic E-state index is -3.60. The van der Waals surface area contributed by atoms with Gasteiger partial charge in [0, 0.05) is 57.3 Å². The fourth-order valence-corrected chi connectivity index (χ4v) is 7.86. The number of thiophene rings is 1. The van der Waals surface area contributed by atoms with Crippen LogP contribution in [0.5, 0.6) is 0 Å². The van der Waals surface area contributed by atoms with E-state index in [2.05, 4.69) is 27.7 Å². The van der Waals surface area contributed by atoms with Gasteiger partial charge in [0.1, 0.15) is 5.00 Å². The van der Waals surface area contributed by atoms with E-state index in [4.69, 9.17) is 0 Å². The van der Waals surface area contributed by atoms with E-state index in [-0.39, 0.29) is 10.5 Å². The van der Waals surface area contributed by atoms with Gasteiger partial charge in [-0.25, -0.2) is 13.2 Å². The van der Waals surface area contributed by atoms with Crippen molar-refractivity contribution in [1.82, 2.24) is 19.4 Å². The normalized spacial score (nSPS) is 15.8. The maximum atomic E-state index is 13.3. The molecule has 0 spiro atoms. The largest absolute Gasteiger partial charge is 0.331 e. The summed E-state index contributed by atoms with van der Waals surface area (Å²) in [5.41, 5.74) is 2.57. The number of nitrogens with zero attached hydrogens (tertiary/aromatic N) is 3. The Morgan fingerprint density at radius 1 is 0.927 bits per heavy atom. The van der Waals surface area contributed by atoms with Crippen molar-refractivity contribution in [3.05, 3.63) is 81.7 Å². The number of benzene rings is 2. The lowest BCUT2D eigenvalue weighted by Crippen LogP contribution is -2.39. The van der Waals surface area contributed by atoms with Gasteiger partial charge < -0.3 is 10.2 Å². The summed E-state index contributed by atoms with van der Waals surface area (Å²) in [7, 11) is -0.506. The average molecular weight is 596 g/mol. The first-order valence-corrected chi connectivity index (χ1v) is 15.7. The third-order valence-corrected chi connectivity index (χ3v) is 10.3. The standard InChI is InChI=1S/C29H33N5O5S2/c1-32(2)29(37)31-27(36)25-23-14-17-33(18-20-8-4-3-5-9-20)19-24(23)40-28(25)30-26(35)21-10-12-22(13-11-21)41(38,39)34-15-6-7-16-34/h3-5,8-13H,6-7,14-19H2,1-2H3,(H,30,35)(H,31,36,37). The van der Waals surface area contributed by atoms with Crippen molar-refractivity contribution in [3.8, 4) is 0 Å². The van der Waals surface area contributed by atoms with E-state index in [0.717, 1.165) is 36.4 Å². The summed E-state index contributed by atoms with van der Waals surface area (Å²) < 4.78 is 27.2. The van der Waals surface area contributed by atoms with Crippen LogP contribution in [0.1, 0.15) is 49.6 Å². The predicted octanol–water partition coefficient (Wildman–Crippen LogP) is 3.75. The highest BCUT2D eigenvalue weighted by Crippen LogP contribution is 2.38. The SMILES string of the molecule is CN(C)C(=O)NC(=O)c1c(NC(=O)c2ccc(S(=O)(=O)N3CCCC3)cc2)sc2c1CCN(Cc1ccccc1)C2. The van der Waals surface area contributed by atoms with E-state index in [1.807, 2.05) is 18.2 Å². The molecule has 2 aromatic carbocycles. The van der Waals surface area contributed by atoms with Crippen molar-refractivity contribution in [2.45, 2.75) is 37.2 Å². The summed E-state index contributed by atoms with van der Waals surface area (Å²) in [5, 5.41) is 5.63. The molecule has 1 aromatic heterocycles. The Kier molecular flexibility index (Phi) is 8.55. The number of rotatable bonds is 7. The lowest BCUT2D eigenvalue weighted by Gasteiger charge is -2.27. The monoisotopic (exact) mass is 595 g/mol. The van der Waals surface area contributed by atoms with E-state index in [0.29, 0.717) is 36.6 Å². The van der Waals surface area contributed by atoms with Crippen molar-refractivity contribution in [2.75, 3.05) is 39.0 Å². The number of amides is 4. The molecule has 2 N–H and O–H groups in total. The molecule has 4 amide bonds. The van der Waals surface area contributed by atoms with Crippen molar-refractivity contribution >= 4 is 44.2 Å². The summed E-state index contributed by atoms with van der Waals surface area (Å²) in [6.45, 7) is 3.08. The molecule has 1 saturated heterocycles. The topological polar surface area (TPSA) is 119 Å². The van der Waals surface area contributed by atoms with E-state index >= 15 is 0 Å². The molecule has 1 fully saturated rings. The second-order valence-electron chi connectivity index (χ2n) is 10.4. The molecular formula is C29H33N5O5S2. The summed E-state index contributed by atoms with van der Waals surface area (Å²) >= 11 is 1.33. The van der Waals surface area contributed by atoms with Crippen LogP contribution in [0.4, 0.5) is 9.80 Å². The maximum absolute atomic E-state index is 13.3. The van der Waals surface area contributed by atoms with Crippen LogP contribution < -0.4 is 10.6 Å². The Balaban J connectivity index is 1.38. The molecule has 2 aliphatic heterocycles. The molecule has 3 heterocycles. The van der Waals surface area contributed by atoms with E-state index in [1.54, 1.807) is 14.1 Å². The van der Waals surface area contributed by atoms with Gasteiger partial charge in [-0.05, 0) is 54.7 Å². The van der Waals surface area contributed by atoms with Gasteiger partial charge in [0.2, 0.25) is 10.0 Å². The molecule has 2 aliphatic rings. The second kappa shape index (κ2) is 12.1. The minimum absolute atomic E-state index is 0.142. The Hall–Kier alpha value is -3.58. The number of fused-ring (bicyclic) bond motifs is 1. The van der Waals surface area contributed by atoms with Crippen LogP contribution in [-0.2, 0) is 29.5 Å². The van der Waals surface area contributed by atoms with Crippen LogP contribution in [-0.4, -0.2) is 74.1 Å². The summed E-state index contributed by atoms with van der Waals surface area (Å²) in [6.07, 6.45) is 2.27. The smallest absolute Gasteiger partial charge is 0.323 e. The number of hydrogen-bond acceptors (Lipinski definition) is 7. The first-order valence-electron chi connectivity index (χ1n) is 13.5. The van der Waals surface area contributed by atoms with Crippen molar-refractivity contribution in [2.24, 2.45) is 0 Å². The molecule has 41 heavy (non-hydrogen) atoms. The van der Waals surface area contributed by atoms with Crippen LogP contribution in [0.3, 0.4) is 0 Å². The molecule has 0 aliphatic carbocycles. The summed E-state index contributed by atoms with van der Waals surface area (Å²) in [4.78, 5) is 43.5. The Labute approximate surface area is 244 Å². The zero-order chi connectivity index (χ0) is 29.1. The quantitative estimate of drug-likeness (QED) is 0.430. The van der Waals surface area contributed by atoms with E-state index < -0.39 is 27.9 Å². The number of carbonyl (C=O) groups is 3. The van der Waals surface area contributed by atoms with Gasteiger partial charge >= 0.3 is 6.03 Å². The fraction of sp³-hybridized carbons (Fsp3) is 0.345. The van der Waals surface area contributed by atoms with Crippen molar-refractivity contribution in [1.29, 1.82) is 0 Å². The molecule has 10 nitrogen and oxygen atoms in total. The van der Waals surface area contributed by atoms with Gasteiger partial charge in [0.15, 0.2) is 0 Å². The van der Waals surface area contributed by atoms with Gasteiger partial charge in [0.05, 0.1) is 10.5 Å². The highest BCUT2D eigenvalue weighted by molar-refractivity contribution is 7.89. The van der Waals surface area contributed by atoms with Crippen molar-refractivity contribution < 1.29 is 22.8 Å². The molecule has 3 aromatic rings. The van der Waals surface area contributed by atoms with Crippen LogP contribution in [0.25, 0.3) is 0 Å². The molecular weight excluding hydrogens is 562 g/mol. The minimum Gasteiger partial charge on any atom is -0.331 e. The Morgan fingerprint density at radius 2 is 1.61 bits per heavy atom. The summed E-state index contributed by atoms with van der Waals surface area (Å²) in [6, 6.07) is 15.4. The number of anilines is 1. The van der Waals surface area contributed by atoms with Crippen LogP contribution >= 0.6 is 11.3 Å². The van der Waals surface area contributed by atoms with Crippen LogP contribution in [0.15, 0.2) is 59.5 Å². The molecule has 5 rings (SSSR count). The van der Waals surface area contributed by atoms with Crippen LogP contribution in [0.2, 0.25) is 0 Å². The first-order chi connectivity index (χ1) is 19.6. The second-order valence-corrected chi connectivity index (χ2v) is 13.4. The lowest BCUT2D eigenvalue weighted by atomic mass is 10.0. The first kappa shape index (κ1) is 28.9. The predicted molar refractivity (Wildman–Crippen MR) is 158 cm³/mol. The number of sulfonamides is 1. The van der Waals surface area contributed by atoms with E-state index in [1.165, 1.54) is 50.4 Å². The lowest BCUT2D eigenvalue weighted by molar-refractivity contribution is 0.0956. The summed E-state index contributed by atoms with van der Waals surface area (Å²) in [5.74, 6) is -1.04. The maximum Gasteiger partial charge on any atom is 0.323 e. The number of hydrogen-bond donors (Lipinski definition) is 2. The van der Waals surface area contributed by atoms with Gasteiger partial charge in [-0.15, -0.1) is 11.3 Å². The van der Waals surface area contributed by atoms with E-state index in [9.17, 15) is 22.8 Å². The number of nitrogens with one attached hydrogen (secondary N) is 2. The van der Waals surface area contributed by atoms with Crippen LogP contribution in [0, 0.1) is 0 Å². The molecule has 216 valence electrons. The van der Waals surface area contributed by atoms with Gasteiger partial charge in [-0.2, -0.15) is 4.31 Å². The molecule has 0 saturated carbocycles. The zero-order valence-electron chi connectivity index (χ0n) is 23.1. The molecule has 0 bridgehead atoms. The average Bonchev–Trinajstić information content (AvgIpc) is 3.62. The molecule has 0 unspecified atom stereocenters. The zero-order valence-corrected chi connectivity index (χ0v) is 24.7. The van der Waals surface area contributed by atoms with Gasteiger partial charge in [0.25, 0.3) is 11.8 Å². The van der Waals surface area contributed by atoms with Crippen molar-refractivity contribution in [3.63, 3.8) is 0 Å². The third kappa shape index (κ3) is 6.35. The number of urea groups is 1.